The lowest BCUT2D eigenvalue weighted by molar-refractivity contribution is -0.121. The zero-order valence-electron chi connectivity index (χ0n) is 14.1. The minimum atomic E-state index is -0.539. The van der Waals surface area contributed by atoms with Gasteiger partial charge in [-0.05, 0) is 30.9 Å². The number of ether oxygens (including phenoxy) is 1. The SMILES string of the molecule is COC(=O)N1CCC(CNC(=O)Cn2c(=O)oc3ccccc32)CC1. The van der Waals surface area contributed by atoms with Gasteiger partial charge in [-0.25, -0.2) is 9.59 Å². The molecular formula is C17H21N3O5. The van der Waals surface area contributed by atoms with Gasteiger partial charge in [0.2, 0.25) is 5.91 Å². The van der Waals surface area contributed by atoms with Gasteiger partial charge >= 0.3 is 11.8 Å². The fraction of sp³-hybridized carbons (Fsp3) is 0.471. The number of piperidine rings is 1. The predicted molar refractivity (Wildman–Crippen MR) is 90.2 cm³/mol. The van der Waals surface area contributed by atoms with Crippen LogP contribution in [-0.4, -0.2) is 48.2 Å². The van der Waals surface area contributed by atoms with Gasteiger partial charge in [0.05, 0.1) is 12.6 Å². The summed E-state index contributed by atoms with van der Waals surface area (Å²) in [6.07, 6.45) is 1.31. The lowest BCUT2D eigenvalue weighted by atomic mass is 9.97. The van der Waals surface area contributed by atoms with Crippen LogP contribution >= 0.6 is 0 Å². The highest BCUT2D eigenvalue weighted by molar-refractivity contribution is 5.79. The first-order valence-electron chi connectivity index (χ1n) is 8.26. The average Bonchev–Trinajstić information content (AvgIpc) is 2.95. The largest absolute Gasteiger partial charge is 0.453 e. The summed E-state index contributed by atoms with van der Waals surface area (Å²) in [5, 5.41) is 2.87. The molecule has 0 saturated carbocycles. The number of rotatable bonds is 4. The molecule has 134 valence electrons. The van der Waals surface area contributed by atoms with E-state index in [2.05, 4.69) is 5.32 Å². The van der Waals surface area contributed by atoms with Gasteiger partial charge in [-0.1, -0.05) is 12.1 Å². The van der Waals surface area contributed by atoms with E-state index in [0.717, 1.165) is 12.8 Å². The number of methoxy groups -OCH3 is 1. The highest BCUT2D eigenvalue weighted by atomic mass is 16.5. The highest BCUT2D eigenvalue weighted by Gasteiger charge is 2.23. The number of nitrogens with one attached hydrogen (secondary N) is 1. The number of likely N-dealkylation sites (tertiary alicyclic amines) is 1. The number of carbonyl (C=O) groups is 2. The fourth-order valence-corrected chi connectivity index (χ4v) is 3.07. The standard InChI is InChI=1S/C17H21N3O5/c1-24-16(22)19-8-6-12(7-9-19)10-18-15(21)11-20-13-4-2-3-5-14(13)25-17(20)23/h2-5,12H,6-11H2,1H3,(H,18,21). The zero-order chi connectivity index (χ0) is 17.8. The van der Waals surface area contributed by atoms with E-state index in [1.807, 2.05) is 0 Å². The molecule has 1 aliphatic rings. The quantitative estimate of drug-likeness (QED) is 0.897. The molecule has 0 radical (unpaired) electrons. The van der Waals surface area contributed by atoms with Crippen LogP contribution in [0.5, 0.6) is 0 Å². The molecule has 0 bridgehead atoms. The molecule has 8 nitrogen and oxygen atoms in total. The van der Waals surface area contributed by atoms with Crippen LogP contribution in [0.3, 0.4) is 0 Å². The lowest BCUT2D eigenvalue weighted by Crippen LogP contribution is -2.42. The van der Waals surface area contributed by atoms with Crippen LogP contribution in [-0.2, 0) is 16.1 Å². The molecule has 1 aliphatic heterocycles. The van der Waals surface area contributed by atoms with Crippen LogP contribution in [0.2, 0.25) is 0 Å². The van der Waals surface area contributed by atoms with Crippen molar-refractivity contribution in [2.75, 3.05) is 26.7 Å². The Hall–Kier alpha value is -2.77. The molecule has 1 N–H and O–H groups in total. The third kappa shape index (κ3) is 3.84. The second-order valence-electron chi connectivity index (χ2n) is 6.13. The summed E-state index contributed by atoms with van der Waals surface area (Å²) in [7, 11) is 1.37. The number of nitrogens with zero attached hydrogens (tertiary/aromatic N) is 2. The van der Waals surface area contributed by atoms with Gasteiger partial charge < -0.3 is 19.4 Å². The molecule has 2 aromatic rings. The Labute approximate surface area is 144 Å². The van der Waals surface area contributed by atoms with E-state index < -0.39 is 5.76 Å². The van der Waals surface area contributed by atoms with Crippen LogP contribution in [0.1, 0.15) is 12.8 Å². The second-order valence-corrected chi connectivity index (χ2v) is 6.13. The van der Waals surface area contributed by atoms with Crippen molar-refractivity contribution >= 4 is 23.1 Å². The molecule has 1 saturated heterocycles. The van der Waals surface area contributed by atoms with Gasteiger partial charge in [-0.2, -0.15) is 0 Å². The van der Waals surface area contributed by atoms with Gasteiger partial charge in [0.1, 0.15) is 6.54 Å². The fourth-order valence-electron chi connectivity index (χ4n) is 3.07. The summed E-state index contributed by atoms with van der Waals surface area (Å²) in [6.45, 7) is 1.70. The highest BCUT2D eigenvalue weighted by Crippen LogP contribution is 2.17. The molecule has 0 aliphatic carbocycles. The number of hydrogen-bond donors (Lipinski definition) is 1. The number of aromatic nitrogens is 1. The summed E-state index contributed by atoms with van der Waals surface area (Å²) in [5.41, 5.74) is 1.07. The van der Waals surface area contributed by atoms with E-state index in [9.17, 15) is 14.4 Å². The van der Waals surface area contributed by atoms with E-state index in [-0.39, 0.29) is 18.5 Å². The number of fused-ring (bicyclic) bond motifs is 1. The molecule has 3 rings (SSSR count). The minimum Gasteiger partial charge on any atom is -0.453 e. The third-order valence-corrected chi connectivity index (χ3v) is 4.51. The van der Waals surface area contributed by atoms with Crippen molar-refractivity contribution in [3.8, 4) is 0 Å². The predicted octanol–water partition coefficient (Wildman–Crippen LogP) is 1.19. The maximum Gasteiger partial charge on any atom is 0.420 e. The molecule has 0 atom stereocenters. The molecule has 2 heterocycles. The maximum absolute atomic E-state index is 12.2. The van der Waals surface area contributed by atoms with Crippen LogP contribution in [0.25, 0.3) is 11.1 Å². The lowest BCUT2D eigenvalue weighted by Gasteiger charge is -2.30. The monoisotopic (exact) mass is 347 g/mol. The normalized spacial score (nSPS) is 15.3. The topological polar surface area (TPSA) is 93.8 Å². The number of para-hydroxylation sites is 2. The number of benzene rings is 1. The summed E-state index contributed by atoms with van der Waals surface area (Å²) in [4.78, 5) is 37.2. The average molecular weight is 347 g/mol. The van der Waals surface area contributed by atoms with Crippen molar-refractivity contribution in [1.29, 1.82) is 0 Å². The van der Waals surface area contributed by atoms with Gasteiger partial charge in [0, 0.05) is 19.6 Å². The van der Waals surface area contributed by atoms with Crippen LogP contribution < -0.4 is 11.1 Å². The molecule has 0 unspecified atom stereocenters. The first-order chi connectivity index (χ1) is 12.1. The number of amides is 2. The maximum atomic E-state index is 12.2. The first-order valence-corrected chi connectivity index (χ1v) is 8.26. The van der Waals surface area contributed by atoms with E-state index in [4.69, 9.17) is 9.15 Å². The summed E-state index contributed by atoms with van der Waals surface area (Å²) in [5.74, 6) is -0.463. The van der Waals surface area contributed by atoms with Crippen molar-refractivity contribution in [3.63, 3.8) is 0 Å². The van der Waals surface area contributed by atoms with Gasteiger partial charge in [-0.15, -0.1) is 0 Å². The van der Waals surface area contributed by atoms with E-state index in [1.165, 1.54) is 11.7 Å². The van der Waals surface area contributed by atoms with Gasteiger partial charge in [0.25, 0.3) is 0 Å². The Morgan fingerprint density at radius 3 is 2.72 bits per heavy atom. The molecule has 0 spiro atoms. The second kappa shape index (κ2) is 7.42. The zero-order valence-corrected chi connectivity index (χ0v) is 14.1. The van der Waals surface area contributed by atoms with Crippen molar-refractivity contribution in [3.05, 3.63) is 34.8 Å². The number of hydrogen-bond acceptors (Lipinski definition) is 5. The smallest absolute Gasteiger partial charge is 0.420 e. The first kappa shape index (κ1) is 17.1. The minimum absolute atomic E-state index is 0.0726. The molecule has 25 heavy (non-hydrogen) atoms. The number of oxazole rings is 1. The van der Waals surface area contributed by atoms with Crippen LogP contribution in [0.15, 0.2) is 33.5 Å². The molecule has 1 aromatic carbocycles. The van der Waals surface area contributed by atoms with Crippen molar-refractivity contribution in [1.82, 2.24) is 14.8 Å². The van der Waals surface area contributed by atoms with E-state index in [0.29, 0.717) is 36.7 Å². The van der Waals surface area contributed by atoms with Gasteiger partial charge in [-0.3, -0.25) is 9.36 Å². The Morgan fingerprint density at radius 1 is 1.28 bits per heavy atom. The molecule has 2 amide bonds. The molecule has 8 heteroatoms. The Balaban J connectivity index is 1.51. The van der Waals surface area contributed by atoms with E-state index in [1.54, 1.807) is 29.2 Å². The van der Waals surface area contributed by atoms with Crippen LogP contribution in [0.4, 0.5) is 4.79 Å². The Morgan fingerprint density at radius 2 is 2.00 bits per heavy atom. The summed E-state index contributed by atoms with van der Waals surface area (Å²) >= 11 is 0. The van der Waals surface area contributed by atoms with Crippen LogP contribution in [0, 0.1) is 5.92 Å². The summed E-state index contributed by atoms with van der Waals surface area (Å²) < 4.78 is 11.1. The summed E-state index contributed by atoms with van der Waals surface area (Å²) in [6, 6.07) is 7.01. The number of carbonyl (C=O) groups excluding carboxylic acids is 2. The van der Waals surface area contributed by atoms with E-state index >= 15 is 0 Å². The molecule has 1 aromatic heterocycles. The van der Waals surface area contributed by atoms with Crippen molar-refractivity contribution < 1.29 is 18.7 Å². The Kier molecular flexibility index (Phi) is 5.06. The molecular weight excluding hydrogens is 326 g/mol. The van der Waals surface area contributed by atoms with Crippen molar-refractivity contribution in [2.24, 2.45) is 5.92 Å². The third-order valence-electron chi connectivity index (χ3n) is 4.51. The van der Waals surface area contributed by atoms with Gasteiger partial charge in [0.15, 0.2) is 5.58 Å². The van der Waals surface area contributed by atoms with Crippen molar-refractivity contribution in [2.45, 2.75) is 19.4 Å². The molecule has 1 fully saturated rings. The Bertz CT molecular complexity index is 817.